The molecule has 2 rings (SSSR count). The Morgan fingerprint density at radius 2 is 1.06 bits per heavy atom. The highest BCUT2D eigenvalue weighted by molar-refractivity contribution is 5.82. The first-order valence-corrected chi connectivity index (χ1v) is 4.94. The van der Waals surface area contributed by atoms with E-state index in [0.717, 1.165) is 11.1 Å². The molecule has 2 aromatic rings. The smallest absolute Gasteiger partial charge is 0.167 e. The molecule has 0 aliphatic heterocycles. The molecule has 0 atom stereocenters. The summed E-state index contributed by atoms with van der Waals surface area (Å²) in [6, 6.07) is 7.71. The summed E-state index contributed by atoms with van der Waals surface area (Å²) in [5, 5.41) is 7.91. The van der Waals surface area contributed by atoms with Gasteiger partial charge < -0.3 is 0 Å². The Bertz CT molecular complexity index is 429. The minimum atomic E-state index is 1.01. The molecule has 0 aromatic carbocycles. The van der Waals surface area contributed by atoms with Gasteiger partial charge in [-0.05, 0) is 0 Å². The number of nitrogens with zero attached hydrogens (tertiary/aromatic N) is 2. The third-order valence-corrected chi connectivity index (χ3v) is 1.97. The van der Waals surface area contributed by atoms with Crippen molar-refractivity contribution in [2.75, 3.05) is 0 Å². The van der Waals surface area contributed by atoms with Crippen molar-refractivity contribution < 1.29 is 9.97 Å². The number of hydrogen-bond donors (Lipinski definition) is 0. The molecular formula is C12H12N4+2. The third-order valence-electron chi connectivity index (χ3n) is 1.97. The first-order chi connectivity index (χ1) is 7.95. The fourth-order valence-corrected chi connectivity index (χ4v) is 1.17. The molecule has 0 fully saturated rings. The number of pyridine rings is 2. The van der Waals surface area contributed by atoms with Crippen molar-refractivity contribution in [3.05, 3.63) is 60.2 Å². The molecule has 16 heavy (non-hydrogen) atoms. The van der Waals surface area contributed by atoms with Gasteiger partial charge >= 0.3 is 0 Å². The lowest BCUT2D eigenvalue weighted by atomic mass is 10.3. The zero-order valence-electron chi connectivity index (χ0n) is 8.67. The van der Waals surface area contributed by atoms with Crippen molar-refractivity contribution in [1.29, 1.82) is 0 Å². The molecule has 0 unspecified atom stereocenters. The molecule has 2 aromatic heterocycles. The number of rotatable bonds is 3. The van der Waals surface area contributed by atoms with E-state index in [-0.39, 0.29) is 0 Å². The van der Waals surface area contributed by atoms with E-state index in [1.165, 1.54) is 0 Å². The van der Waals surface area contributed by atoms with Gasteiger partial charge in [-0.1, -0.05) is 0 Å². The largest absolute Gasteiger partial charge is 0.218 e. The highest BCUT2D eigenvalue weighted by atomic mass is 15.2. The van der Waals surface area contributed by atoms with E-state index < -0.39 is 0 Å². The van der Waals surface area contributed by atoms with Crippen molar-refractivity contribution in [2.24, 2.45) is 10.2 Å². The molecule has 4 nitrogen and oxygen atoms in total. The average molecular weight is 212 g/mol. The summed E-state index contributed by atoms with van der Waals surface area (Å²) in [4.78, 5) is 5.89. The van der Waals surface area contributed by atoms with Crippen LogP contribution < -0.4 is 9.97 Å². The molecular weight excluding hydrogens is 200 g/mol. The lowest BCUT2D eigenvalue weighted by molar-refractivity contribution is -0.378. The van der Waals surface area contributed by atoms with Gasteiger partial charge in [0, 0.05) is 35.4 Å². The number of nitrogens with one attached hydrogen (secondary N) is 2. The maximum atomic E-state index is 3.96. The fraction of sp³-hybridized carbons (Fsp3) is 0. The van der Waals surface area contributed by atoms with Gasteiger partial charge in [0.05, 0.1) is 12.4 Å². The van der Waals surface area contributed by atoms with E-state index in [4.69, 9.17) is 0 Å². The van der Waals surface area contributed by atoms with E-state index in [0.29, 0.717) is 0 Å². The Morgan fingerprint density at radius 1 is 0.688 bits per heavy atom. The standard InChI is InChI=1S/C12H10N4/c1-5-13-6-2-11(1)9-15-16-10-12-3-7-14-8-4-12/h1-10H/p+2. The van der Waals surface area contributed by atoms with E-state index >= 15 is 0 Å². The van der Waals surface area contributed by atoms with Crippen LogP contribution in [0.5, 0.6) is 0 Å². The second-order valence-corrected chi connectivity index (χ2v) is 3.16. The van der Waals surface area contributed by atoms with Crippen LogP contribution in [0.15, 0.2) is 59.3 Å². The zero-order chi connectivity index (χ0) is 11.1. The molecule has 4 heteroatoms. The molecule has 78 valence electrons. The van der Waals surface area contributed by atoms with E-state index in [9.17, 15) is 0 Å². The summed E-state index contributed by atoms with van der Waals surface area (Å²) < 4.78 is 0. The van der Waals surface area contributed by atoms with Crippen LogP contribution >= 0.6 is 0 Å². The molecule has 0 aliphatic rings. The molecule has 0 spiro atoms. The Hall–Kier alpha value is -2.36. The summed E-state index contributed by atoms with van der Waals surface area (Å²) in [5.74, 6) is 0. The van der Waals surface area contributed by atoms with Gasteiger partial charge in [0.25, 0.3) is 0 Å². The maximum absolute atomic E-state index is 3.96. The first kappa shape index (κ1) is 10.2. The maximum Gasteiger partial charge on any atom is 0.167 e. The molecule has 0 amide bonds. The van der Waals surface area contributed by atoms with Gasteiger partial charge in [-0.2, -0.15) is 10.2 Å². The van der Waals surface area contributed by atoms with E-state index in [2.05, 4.69) is 20.2 Å². The summed E-state index contributed by atoms with van der Waals surface area (Å²) in [6.07, 6.45) is 10.8. The normalized spacial score (nSPS) is 11.2. The highest BCUT2D eigenvalue weighted by Crippen LogP contribution is 1.91. The predicted molar refractivity (Wildman–Crippen MR) is 61.2 cm³/mol. The lowest BCUT2D eigenvalue weighted by Gasteiger charge is -1.85. The second-order valence-electron chi connectivity index (χ2n) is 3.16. The molecule has 0 radical (unpaired) electrons. The molecule has 0 bridgehead atoms. The van der Waals surface area contributed by atoms with Gasteiger partial charge in [-0.3, -0.25) is 0 Å². The van der Waals surface area contributed by atoms with Crippen LogP contribution in [0.4, 0.5) is 0 Å². The summed E-state index contributed by atoms with van der Waals surface area (Å²) in [5.41, 5.74) is 2.02. The minimum Gasteiger partial charge on any atom is -0.218 e. The molecule has 2 heterocycles. The second kappa shape index (κ2) is 5.50. The highest BCUT2D eigenvalue weighted by Gasteiger charge is 1.87. The quantitative estimate of drug-likeness (QED) is 0.533. The number of aromatic nitrogens is 2. The van der Waals surface area contributed by atoms with Crippen LogP contribution in [0.25, 0.3) is 0 Å². The molecule has 2 N–H and O–H groups in total. The number of H-pyrrole nitrogens is 2. The SMILES string of the molecule is C(=NN=Cc1cc[nH+]cc1)c1cc[nH+]cc1. The first-order valence-electron chi connectivity index (χ1n) is 4.94. The van der Waals surface area contributed by atoms with Crippen LogP contribution in [0.3, 0.4) is 0 Å². The summed E-state index contributed by atoms with van der Waals surface area (Å²) in [6.45, 7) is 0. The van der Waals surface area contributed by atoms with Crippen LogP contribution in [-0.4, -0.2) is 12.4 Å². The van der Waals surface area contributed by atoms with Crippen molar-refractivity contribution in [2.45, 2.75) is 0 Å². The average Bonchev–Trinajstić information content (AvgIpc) is 2.37. The van der Waals surface area contributed by atoms with Crippen molar-refractivity contribution in [1.82, 2.24) is 0 Å². The molecule has 0 saturated heterocycles. The Labute approximate surface area is 93.4 Å². The molecule has 0 aliphatic carbocycles. The van der Waals surface area contributed by atoms with Gasteiger partial charge in [-0.25, -0.2) is 9.97 Å². The zero-order valence-corrected chi connectivity index (χ0v) is 8.67. The van der Waals surface area contributed by atoms with Crippen LogP contribution in [0, 0.1) is 0 Å². The molecule has 0 saturated carbocycles. The fourth-order valence-electron chi connectivity index (χ4n) is 1.17. The monoisotopic (exact) mass is 212 g/mol. The minimum absolute atomic E-state index is 1.01. The van der Waals surface area contributed by atoms with Crippen molar-refractivity contribution in [3.8, 4) is 0 Å². The van der Waals surface area contributed by atoms with Crippen LogP contribution in [-0.2, 0) is 0 Å². The third kappa shape index (κ3) is 3.09. The van der Waals surface area contributed by atoms with Crippen molar-refractivity contribution in [3.63, 3.8) is 0 Å². The number of hydrogen-bond acceptors (Lipinski definition) is 2. The van der Waals surface area contributed by atoms with Crippen LogP contribution in [0.1, 0.15) is 11.1 Å². The van der Waals surface area contributed by atoms with Gasteiger partial charge in [0.2, 0.25) is 0 Å². The topological polar surface area (TPSA) is 53.0 Å². The van der Waals surface area contributed by atoms with Crippen molar-refractivity contribution >= 4 is 12.4 Å². The summed E-state index contributed by atoms with van der Waals surface area (Å²) in [7, 11) is 0. The van der Waals surface area contributed by atoms with Gasteiger partial charge in [0.1, 0.15) is 0 Å². The van der Waals surface area contributed by atoms with Crippen LogP contribution in [0.2, 0.25) is 0 Å². The van der Waals surface area contributed by atoms with Gasteiger partial charge in [0.15, 0.2) is 24.8 Å². The Morgan fingerprint density at radius 3 is 1.44 bits per heavy atom. The lowest BCUT2D eigenvalue weighted by Crippen LogP contribution is -1.98. The Balaban J connectivity index is 1.98. The Kier molecular flexibility index (Phi) is 3.50. The van der Waals surface area contributed by atoms with Gasteiger partial charge in [-0.15, -0.1) is 0 Å². The predicted octanol–water partition coefficient (Wildman–Crippen LogP) is 0.768. The number of aromatic amines is 2. The van der Waals surface area contributed by atoms with E-state index in [1.807, 2.05) is 49.1 Å². The van der Waals surface area contributed by atoms with E-state index in [1.54, 1.807) is 12.4 Å². The summed E-state index contributed by atoms with van der Waals surface area (Å²) >= 11 is 0.